The number of hydrazine groups is 1. The zero-order valence-corrected chi connectivity index (χ0v) is 19.8. The third kappa shape index (κ3) is 5.63. The second-order valence-corrected chi connectivity index (χ2v) is 8.83. The van der Waals surface area contributed by atoms with Crippen molar-refractivity contribution in [3.05, 3.63) is 95.5 Å². The van der Waals surface area contributed by atoms with E-state index in [9.17, 15) is 9.90 Å². The number of nitrogens with one attached hydrogen (secondary N) is 2. The quantitative estimate of drug-likeness (QED) is 0.228. The summed E-state index contributed by atoms with van der Waals surface area (Å²) < 4.78 is 2.90. The van der Waals surface area contributed by atoms with E-state index < -0.39 is 0 Å². The van der Waals surface area contributed by atoms with Gasteiger partial charge in [0, 0.05) is 15.7 Å². The second-order valence-electron chi connectivity index (χ2n) is 6.97. The number of amides is 1. The first-order valence-electron chi connectivity index (χ1n) is 9.94. The fraction of sp³-hybridized carbons (Fsp3) is 0.0417. The maximum Gasteiger partial charge on any atom is 0.248 e. The number of hydrogen-bond acceptors (Lipinski definition) is 6. The van der Waals surface area contributed by atoms with Crippen LogP contribution in [0.1, 0.15) is 5.56 Å². The monoisotopic (exact) mass is 521 g/mol. The first-order valence-corrected chi connectivity index (χ1v) is 11.7. The average Bonchev–Trinajstić information content (AvgIpc) is 3.26. The molecule has 33 heavy (non-hydrogen) atoms. The lowest BCUT2D eigenvalue weighted by atomic mass is 10.2. The summed E-state index contributed by atoms with van der Waals surface area (Å²) in [4.78, 5) is 12.4. The zero-order chi connectivity index (χ0) is 23.2. The molecule has 0 aliphatic rings. The van der Waals surface area contributed by atoms with Crippen LogP contribution in [0.15, 0.2) is 95.1 Å². The van der Waals surface area contributed by atoms with Crippen molar-refractivity contribution in [1.82, 2.24) is 25.6 Å². The van der Waals surface area contributed by atoms with Gasteiger partial charge in [0.05, 0.1) is 11.4 Å². The van der Waals surface area contributed by atoms with Gasteiger partial charge >= 0.3 is 0 Å². The van der Waals surface area contributed by atoms with E-state index in [2.05, 4.69) is 43.6 Å². The van der Waals surface area contributed by atoms with Crippen LogP contribution in [-0.2, 0) is 4.79 Å². The SMILES string of the molecule is C=C(NNC(=O)CSc1nnc(-c2ccccc2)n1-c1ccc(Br)cc1)c1ccc(O)cc1. The minimum atomic E-state index is -0.244. The fourth-order valence-electron chi connectivity index (χ4n) is 3.01. The van der Waals surface area contributed by atoms with Crippen LogP contribution in [0.25, 0.3) is 22.8 Å². The Morgan fingerprint density at radius 1 is 0.970 bits per heavy atom. The number of nitrogens with zero attached hydrogens (tertiary/aromatic N) is 3. The fourth-order valence-corrected chi connectivity index (χ4v) is 4.02. The number of carbonyl (C=O) groups excluding carboxylic acids is 1. The maximum absolute atomic E-state index is 12.4. The number of phenolic OH excluding ortho intramolecular Hbond substituents is 1. The molecule has 0 saturated heterocycles. The molecule has 0 bridgehead atoms. The molecule has 0 radical (unpaired) electrons. The number of thioether (sulfide) groups is 1. The largest absolute Gasteiger partial charge is 0.508 e. The van der Waals surface area contributed by atoms with Crippen molar-refractivity contribution in [2.24, 2.45) is 0 Å². The van der Waals surface area contributed by atoms with Crippen LogP contribution in [0.5, 0.6) is 5.75 Å². The molecular formula is C24H20BrN5O2S. The Bertz CT molecular complexity index is 1260. The number of phenols is 1. The highest BCUT2D eigenvalue weighted by atomic mass is 79.9. The molecule has 7 nitrogen and oxygen atoms in total. The molecule has 0 unspecified atom stereocenters. The normalized spacial score (nSPS) is 10.6. The van der Waals surface area contributed by atoms with Crippen molar-refractivity contribution in [1.29, 1.82) is 0 Å². The van der Waals surface area contributed by atoms with Gasteiger partial charge in [-0.3, -0.25) is 20.2 Å². The molecule has 0 spiro atoms. The molecule has 166 valence electrons. The average molecular weight is 522 g/mol. The standard InChI is InChI=1S/C24H20BrN5O2S/c1-16(17-7-13-21(31)14-8-17)26-27-22(32)15-33-24-29-28-23(18-5-3-2-4-6-18)30(24)20-11-9-19(25)10-12-20/h2-14,26,31H,1,15H2,(H,27,32). The molecule has 9 heteroatoms. The summed E-state index contributed by atoms with van der Waals surface area (Å²) in [7, 11) is 0. The Kier molecular flexibility index (Phi) is 7.11. The van der Waals surface area contributed by atoms with E-state index >= 15 is 0 Å². The summed E-state index contributed by atoms with van der Waals surface area (Å²) in [5.74, 6) is 0.738. The van der Waals surface area contributed by atoms with Gasteiger partial charge in [0.15, 0.2) is 11.0 Å². The van der Waals surface area contributed by atoms with E-state index in [1.165, 1.54) is 11.8 Å². The van der Waals surface area contributed by atoms with E-state index in [4.69, 9.17) is 0 Å². The Morgan fingerprint density at radius 2 is 1.67 bits per heavy atom. The van der Waals surface area contributed by atoms with E-state index in [1.807, 2.05) is 59.2 Å². The highest BCUT2D eigenvalue weighted by Gasteiger charge is 2.17. The number of rotatable bonds is 8. The summed E-state index contributed by atoms with van der Waals surface area (Å²) in [6, 6.07) is 24.1. The first kappa shape index (κ1) is 22.6. The van der Waals surface area contributed by atoms with Gasteiger partial charge in [-0.15, -0.1) is 10.2 Å². The van der Waals surface area contributed by atoms with E-state index in [-0.39, 0.29) is 17.4 Å². The number of benzene rings is 3. The molecule has 1 heterocycles. The third-order valence-corrected chi connectivity index (χ3v) is 6.11. The van der Waals surface area contributed by atoms with Crippen molar-refractivity contribution in [2.75, 3.05) is 5.75 Å². The van der Waals surface area contributed by atoms with Gasteiger partial charge in [0.1, 0.15) is 5.75 Å². The topological polar surface area (TPSA) is 92.1 Å². The molecule has 1 amide bonds. The maximum atomic E-state index is 12.4. The van der Waals surface area contributed by atoms with Gasteiger partial charge in [0.25, 0.3) is 0 Å². The lowest BCUT2D eigenvalue weighted by molar-refractivity contribution is -0.119. The van der Waals surface area contributed by atoms with Crippen molar-refractivity contribution in [2.45, 2.75) is 5.16 Å². The van der Waals surface area contributed by atoms with Gasteiger partial charge < -0.3 is 5.11 Å². The molecule has 0 aliphatic carbocycles. The van der Waals surface area contributed by atoms with Gasteiger partial charge in [0.2, 0.25) is 5.91 Å². The predicted molar refractivity (Wildman–Crippen MR) is 134 cm³/mol. The predicted octanol–water partition coefficient (Wildman–Crippen LogP) is 4.79. The van der Waals surface area contributed by atoms with Gasteiger partial charge in [-0.2, -0.15) is 0 Å². The summed E-state index contributed by atoms with van der Waals surface area (Å²) >= 11 is 4.75. The lowest BCUT2D eigenvalue weighted by Gasteiger charge is -2.12. The number of halogens is 1. The minimum Gasteiger partial charge on any atom is -0.508 e. The highest BCUT2D eigenvalue weighted by Crippen LogP contribution is 2.28. The van der Waals surface area contributed by atoms with Crippen LogP contribution >= 0.6 is 27.7 Å². The molecule has 0 saturated carbocycles. The summed E-state index contributed by atoms with van der Waals surface area (Å²) in [5.41, 5.74) is 8.52. The number of aromatic nitrogens is 3. The van der Waals surface area contributed by atoms with Crippen LogP contribution in [0.4, 0.5) is 0 Å². The van der Waals surface area contributed by atoms with Crippen LogP contribution in [-0.4, -0.2) is 31.5 Å². The summed E-state index contributed by atoms with van der Waals surface area (Å²) in [6.07, 6.45) is 0. The van der Waals surface area contributed by atoms with Crippen LogP contribution in [0.2, 0.25) is 0 Å². The smallest absolute Gasteiger partial charge is 0.248 e. The Hall–Kier alpha value is -3.56. The molecule has 3 aromatic carbocycles. The van der Waals surface area contributed by atoms with Crippen molar-refractivity contribution < 1.29 is 9.90 Å². The number of hydrogen-bond donors (Lipinski definition) is 3. The van der Waals surface area contributed by atoms with E-state index in [0.29, 0.717) is 16.7 Å². The van der Waals surface area contributed by atoms with E-state index in [0.717, 1.165) is 21.3 Å². The Morgan fingerprint density at radius 3 is 2.36 bits per heavy atom. The highest BCUT2D eigenvalue weighted by molar-refractivity contribution is 9.10. The van der Waals surface area contributed by atoms with Crippen LogP contribution < -0.4 is 10.9 Å². The molecule has 3 N–H and O–H groups in total. The van der Waals surface area contributed by atoms with E-state index in [1.54, 1.807) is 24.3 Å². The minimum absolute atomic E-state index is 0.124. The number of aromatic hydroxyl groups is 1. The summed E-state index contributed by atoms with van der Waals surface area (Å²) in [5, 5.41) is 18.7. The molecule has 4 rings (SSSR count). The van der Waals surface area contributed by atoms with Gasteiger partial charge in [-0.25, -0.2) is 0 Å². The Balaban J connectivity index is 1.47. The number of carbonyl (C=O) groups is 1. The molecule has 1 aromatic heterocycles. The summed E-state index contributed by atoms with van der Waals surface area (Å²) in [6.45, 7) is 3.90. The van der Waals surface area contributed by atoms with Crippen LogP contribution in [0, 0.1) is 0 Å². The third-order valence-electron chi connectivity index (χ3n) is 4.65. The molecule has 0 aliphatic heterocycles. The van der Waals surface area contributed by atoms with Crippen LogP contribution in [0.3, 0.4) is 0 Å². The lowest BCUT2D eigenvalue weighted by Crippen LogP contribution is -2.37. The second kappa shape index (κ2) is 10.4. The van der Waals surface area contributed by atoms with Crippen molar-refractivity contribution >= 4 is 39.3 Å². The zero-order valence-electron chi connectivity index (χ0n) is 17.4. The molecule has 4 aromatic rings. The Labute approximate surface area is 203 Å². The first-order chi connectivity index (χ1) is 16.0. The van der Waals surface area contributed by atoms with Crippen molar-refractivity contribution in [3.8, 4) is 22.8 Å². The van der Waals surface area contributed by atoms with Gasteiger partial charge in [-0.1, -0.05) is 64.6 Å². The van der Waals surface area contributed by atoms with Crippen molar-refractivity contribution in [3.63, 3.8) is 0 Å². The molecular weight excluding hydrogens is 502 g/mol. The molecule has 0 atom stereocenters. The van der Waals surface area contributed by atoms with Gasteiger partial charge in [-0.05, 0) is 54.1 Å². The molecule has 0 fully saturated rings.